The molecule has 1 atom stereocenters. The summed E-state index contributed by atoms with van der Waals surface area (Å²) in [6, 6.07) is 5.80. The Bertz CT molecular complexity index is 1300. The van der Waals surface area contributed by atoms with E-state index in [0.29, 0.717) is 38.0 Å². The summed E-state index contributed by atoms with van der Waals surface area (Å²) in [5.41, 5.74) is -1.35. The summed E-state index contributed by atoms with van der Waals surface area (Å²) in [6.07, 6.45) is 3.05. The highest BCUT2D eigenvalue weighted by atomic mass is 35.5. The van der Waals surface area contributed by atoms with Gasteiger partial charge in [-0.3, -0.25) is 9.59 Å². The zero-order valence-electron chi connectivity index (χ0n) is 19.1. The number of carbonyl (C=O) groups excluding carboxylic acids is 2. The molecule has 12 heteroatoms. The molecule has 3 saturated carbocycles. The van der Waals surface area contributed by atoms with Gasteiger partial charge in [-0.2, -0.15) is 0 Å². The van der Waals surface area contributed by atoms with Crippen LogP contribution in [0, 0.1) is 5.82 Å². The number of hydrogen-bond acceptors (Lipinski definition) is 8. The van der Waals surface area contributed by atoms with Crippen LogP contribution in [-0.4, -0.2) is 57.3 Å². The van der Waals surface area contributed by atoms with Gasteiger partial charge in [0.25, 0.3) is 11.8 Å². The molecule has 0 radical (unpaired) electrons. The number of amides is 2. The minimum atomic E-state index is -0.835. The Kier molecular flexibility index (Phi) is 6.71. The number of rotatable bonds is 8. The molecule has 190 valence electrons. The topological polar surface area (TPSA) is 123 Å². The predicted octanol–water partition coefficient (Wildman–Crippen LogP) is 2.99. The lowest BCUT2D eigenvalue weighted by Gasteiger charge is -2.56. The third-order valence-corrected chi connectivity index (χ3v) is 8.07. The van der Waals surface area contributed by atoms with Crippen LogP contribution in [0.15, 0.2) is 36.0 Å². The number of nitrogens with zero attached hydrogens (tertiary/aromatic N) is 2. The molecule has 0 spiro atoms. The van der Waals surface area contributed by atoms with E-state index < -0.39 is 23.0 Å². The van der Waals surface area contributed by atoms with Crippen molar-refractivity contribution in [3.05, 3.63) is 46.8 Å². The van der Waals surface area contributed by atoms with E-state index in [4.69, 9.17) is 21.1 Å². The van der Waals surface area contributed by atoms with Crippen LogP contribution in [0.5, 0.6) is 11.6 Å². The summed E-state index contributed by atoms with van der Waals surface area (Å²) in [5, 5.41) is 19.5. The SMILES string of the molecule is O=C(COc1ccc(Cl)c(F)c1)NC12CCC(NC(=O)COc3ncnc4sccc34)(CC1)[C@H](O)C2. The van der Waals surface area contributed by atoms with Gasteiger partial charge >= 0.3 is 0 Å². The number of fused-ring (bicyclic) bond motifs is 4. The molecule has 0 aliphatic heterocycles. The van der Waals surface area contributed by atoms with E-state index in [1.165, 1.54) is 29.8 Å². The molecule has 3 fully saturated rings. The largest absolute Gasteiger partial charge is 0.484 e. The number of halogens is 2. The highest BCUT2D eigenvalue weighted by Crippen LogP contribution is 2.47. The van der Waals surface area contributed by atoms with Crippen molar-refractivity contribution in [2.75, 3.05) is 13.2 Å². The molecule has 3 aromatic rings. The first-order valence-electron chi connectivity index (χ1n) is 11.5. The molecule has 3 aliphatic rings. The van der Waals surface area contributed by atoms with Crippen molar-refractivity contribution < 1.29 is 28.6 Å². The molecule has 3 aliphatic carbocycles. The van der Waals surface area contributed by atoms with Gasteiger partial charge < -0.3 is 25.2 Å². The van der Waals surface area contributed by atoms with E-state index in [9.17, 15) is 19.1 Å². The van der Waals surface area contributed by atoms with Crippen LogP contribution < -0.4 is 20.1 Å². The maximum absolute atomic E-state index is 13.6. The highest BCUT2D eigenvalue weighted by molar-refractivity contribution is 7.16. The first kappa shape index (κ1) is 24.7. The maximum atomic E-state index is 13.6. The Morgan fingerprint density at radius 1 is 1.11 bits per heavy atom. The molecular weight excluding hydrogens is 511 g/mol. The van der Waals surface area contributed by atoms with Crippen LogP contribution in [0.25, 0.3) is 10.2 Å². The van der Waals surface area contributed by atoms with Gasteiger partial charge in [0, 0.05) is 11.6 Å². The quantitative estimate of drug-likeness (QED) is 0.406. The van der Waals surface area contributed by atoms with Crippen LogP contribution in [0.4, 0.5) is 4.39 Å². The van der Waals surface area contributed by atoms with Crippen molar-refractivity contribution in [3.63, 3.8) is 0 Å². The second-order valence-corrected chi connectivity index (χ2v) is 10.5. The minimum absolute atomic E-state index is 0.0278. The highest BCUT2D eigenvalue weighted by Gasteiger charge is 2.55. The van der Waals surface area contributed by atoms with E-state index in [0.717, 1.165) is 16.3 Å². The van der Waals surface area contributed by atoms with Crippen molar-refractivity contribution >= 4 is 45.0 Å². The van der Waals surface area contributed by atoms with E-state index in [1.807, 2.05) is 11.4 Å². The van der Waals surface area contributed by atoms with Gasteiger partial charge in [-0.05, 0) is 55.7 Å². The van der Waals surface area contributed by atoms with Gasteiger partial charge in [0.05, 0.1) is 22.1 Å². The van der Waals surface area contributed by atoms with Crippen molar-refractivity contribution in [2.24, 2.45) is 0 Å². The third-order valence-electron chi connectivity index (χ3n) is 6.94. The van der Waals surface area contributed by atoms with Gasteiger partial charge in [-0.15, -0.1) is 11.3 Å². The van der Waals surface area contributed by atoms with E-state index in [-0.39, 0.29) is 35.8 Å². The van der Waals surface area contributed by atoms with Crippen molar-refractivity contribution in [1.29, 1.82) is 0 Å². The van der Waals surface area contributed by atoms with Crippen molar-refractivity contribution in [3.8, 4) is 11.6 Å². The average Bonchev–Trinajstić information content (AvgIpc) is 3.34. The van der Waals surface area contributed by atoms with Gasteiger partial charge in [0.15, 0.2) is 13.2 Å². The molecule has 0 saturated heterocycles. The summed E-state index contributed by atoms with van der Waals surface area (Å²) >= 11 is 7.12. The Balaban J connectivity index is 1.13. The molecule has 2 bridgehead atoms. The Morgan fingerprint density at radius 2 is 1.86 bits per heavy atom. The predicted molar refractivity (Wildman–Crippen MR) is 131 cm³/mol. The fourth-order valence-corrected chi connectivity index (χ4v) is 5.88. The monoisotopic (exact) mass is 534 g/mol. The van der Waals surface area contributed by atoms with E-state index in [1.54, 1.807) is 0 Å². The number of nitrogens with one attached hydrogen (secondary N) is 2. The number of aliphatic hydroxyl groups excluding tert-OH is 1. The second kappa shape index (κ2) is 9.79. The first-order chi connectivity index (χ1) is 17.3. The standard InChI is InChI=1S/C24H24ClFN4O5S/c25-16-2-1-14(9-17(16)26)34-11-19(32)29-23-4-6-24(7-5-23,18(31)10-23)30-20(33)12-35-21-15-3-8-36-22(15)28-13-27-21/h1-3,8-9,13,18,31H,4-7,10-12H2,(H,29,32)(H,30,33)/t18-,23?,24?/m1/s1. The molecule has 2 heterocycles. The zero-order chi connectivity index (χ0) is 25.3. The van der Waals surface area contributed by atoms with Crippen LogP contribution in [0.1, 0.15) is 32.1 Å². The molecular formula is C24H24ClFN4O5S. The third kappa shape index (κ3) is 4.95. The summed E-state index contributed by atoms with van der Waals surface area (Å²) in [4.78, 5) is 34.3. The smallest absolute Gasteiger partial charge is 0.258 e. The number of ether oxygens (including phenoxy) is 2. The molecule has 6 rings (SSSR count). The molecule has 3 N–H and O–H groups in total. The van der Waals surface area contributed by atoms with Crippen molar-refractivity contribution in [1.82, 2.24) is 20.6 Å². The Morgan fingerprint density at radius 3 is 2.61 bits per heavy atom. The van der Waals surface area contributed by atoms with Gasteiger partial charge in [0.1, 0.15) is 22.7 Å². The van der Waals surface area contributed by atoms with E-state index in [2.05, 4.69) is 20.6 Å². The number of aliphatic hydroxyl groups is 1. The number of thiophene rings is 1. The number of aromatic nitrogens is 2. The number of benzene rings is 1. The van der Waals surface area contributed by atoms with Gasteiger partial charge in [0.2, 0.25) is 5.88 Å². The molecule has 9 nitrogen and oxygen atoms in total. The second-order valence-electron chi connectivity index (χ2n) is 9.22. The fraction of sp³-hybridized carbons (Fsp3) is 0.417. The number of carbonyl (C=O) groups is 2. The lowest BCUT2D eigenvalue weighted by molar-refractivity contribution is -0.137. The fourth-order valence-electron chi connectivity index (χ4n) is 5.04. The van der Waals surface area contributed by atoms with Crippen molar-refractivity contribution in [2.45, 2.75) is 49.3 Å². The van der Waals surface area contributed by atoms with Crippen LogP contribution >= 0.6 is 22.9 Å². The van der Waals surface area contributed by atoms with Crippen LogP contribution in [0.3, 0.4) is 0 Å². The van der Waals surface area contributed by atoms with Gasteiger partial charge in [-0.25, -0.2) is 14.4 Å². The summed E-state index contributed by atoms with van der Waals surface area (Å²) in [6.45, 7) is -0.528. The van der Waals surface area contributed by atoms with E-state index >= 15 is 0 Å². The molecule has 2 aromatic heterocycles. The minimum Gasteiger partial charge on any atom is -0.484 e. The summed E-state index contributed by atoms with van der Waals surface area (Å²) in [7, 11) is 0. The molecule has 0 unspecified atom stereocenters. The summed E-state index contributed by atoms with van der Waals surface area (Å²) < 4.78 is 24.6. The molecule has 2 amide bonds. The lowest BCUT2D eigenvalue weighted by atomic mass is 9.60. The average molecular weight is 535 g/mol. The van der Waals surface area contributed by atoms with Crippen LogP contribution in [-0.2, 0) is 9.59 Å². The Labute approximate surface area is 215 Å². The number of hydrogen-bond donors (Lipinski definition) is 3. The van der Waals surface area contributed by atoms with Crippen LogP contribution in [0.2, 0.25) is 5.02 Å². The van der Waals surface area contributed by atoms with Gasteiger partial charge in [-0.1, -0.05) is 11.6 Å². The summed E-state index contributed by atoms with van der Waals surface area (Å²) in [5.74, 6) is -0.807. The lowest BCUT2D eigenvalue weighted by Crippen LogP contribution is -2.70. The maximum Gasteiger partial charge on any atom is 0.258 e. The normalized spacial score (nSPS) is 24.9. The zero-order valence-corrected chi connectivity index (χ0v) is 20.7. The molecule has 1 aromatic carbocycles. The molecule has 36 heavy (non-hydrogen) atoms. The Hall–Kier alpha value is -3.02. The first-order valence-corrected chi connectivity index (χ1v) is 12.7.